The van der Waals surface area contributed by atoms with Gasteiger partial charge in [0.2, 0.25) is 0 Å². The molecule has 0 aliphatic heterocycles. The van der Waals surface area contributed by atoms with Crippen molar-refractivity contribution in [1.82, 2.24) is 4.98 Å². The van der Waals surface area contributed by atoms with Crippen LogP contribution >= 0.6 is 0 Å². The molecular weight excluding hydrogens is 238 g/mol. The third-order valence-corrected chi connectivity index (χ3v) is 3.28. The number of rotatable bonds is 3. The van der Waals surface area contributed by atoms with Crippen LogP contribution in [0.25, 0.3) is 11.1 Å². The largest absolute Gasteiger partial charge is 0.480 e. The van der Waals surface area contributed by atoms with Crippen LogP contribution < -0.4 is 5.76 Å². The van der Waals surface area contributed by atoms with Crippen molar-refractivity contribution in [2.24, 2.45) is 5.41 Å². The topological polar surface area (TPSA) is 100 Å². The Hall–Kier alpha value is -2.37. The van der Waals surface area contributed by atoms with Crippen molar-refractivity contribution < 1.29 is 19.1 Å². The molecule has 18 heavy (non-hydrogen) atoms. The summed E-state index contributed by atoms with van der Waals surface area (Å²) in [5.41, 5.74) is -0.249. The molecule has 1 saturated carbocycles. The van der Waals surface area contributed by atoms with E-state index in [2.05, 4.69) is 4.98 Å². The van der Waals surface area contributed by atoms with E-state index in [1.807, 2.05) is 0 Å². The molecule has 92 valence electrons. The van der Waals surface area contributed by atoms with Gasteiger partial charge in [-0.05, 0) is 31.0 Å². The van der Waals surface area contributed by atoms with Crippen molar-refractivity contribution in [3.8, 4) is 0 Å². The van der Waals surface area contributed by atoms with E-state index in [-0.39, 0.29) is 5.56 Å². The maximum absolute atomic E-state index is 12.1. The normalized spacial score (nSPS) is 16.7. The Bertz CT molecular complexity index is 719. The number of carboxylic acid groups (broad SMARTS) is 1. The number of aromatic nitrogens is 1. The Morgan fingerprint density at radius 3 is 2.67 bits per heavy atom. The van der Waals surface area contributed by atoms with Gasteiger partial charge in [-0.25, -0.2) is 4.79 Å². The molecule has 6 nitrogen and oxygen atoms in total. The van der Waals surface area contributed by atoms with Gasteiger partial charge in [0, 0.05) is 5.56 Å². The van der Waals surface area contributed by atoms with E-state index >= 15 is 0 Å². The minimum atomic E-state index is -1.27. The smallest absolute Gasteiger partial charge is 0.417 e. The number of carboxylic acids is 1. The molecule has 2 N–H and O–H groups in total. The van der Waals surface area contributed by atoms with Crippen LogP contribution in [0, 0.1) is 5.41 Å². The average Bonchev–Trinajstić information content (AvgIpc) is 3.05. The summed E-state index contributed by atoms with van der Waals surface area (Å²) in [6, 6.07) is 4.41. The fraction of sp³-hybridized carbons (Fsp3) is 0.250. The quantitative estimate of drug-likeness (QED) is 0.626. The van der Waals surface area contributed by atoms with Gasteiger partial charge in [-0.1, -0.05) is 0 Å². The molecule has 2 aromatic rings. The van der Waals surface area contributed by atoms with Gasteiger partial charge in [0.15, 0.2) is 11.4 Å². The van der Waals surface area contributed by atoms with E-state index in [0.29, 0.717) is 23.9 Å². The number of carbonyl (C=O) groups excluding carboxylic acids is 1. The highest BCUT2D eigenvalue weighted by Crippen LogP contribution is 2.48. The van der Waals surface area contributed by atoms with Gasteiger partial charge in [0.25, 0.3) is 0 Å². The standard InChI is InChI=1S/C12H9NO5/c14-9(12(3-4-12)10(15)16)6-1-2-8-7(5-6)13-11(17)18-8/h1-2,5H,3-4H2,(H,13,17)(H,15,16). The molecule has 1 aliphatic rings. The lowest BCUT2D eigenvalue weighted by Crippen LogP contribution is -2.25. The molecule has 0 bridgehead atoms. The Morgan fingerprint density at radius 2 is 2.06 bits per heavy atom. The van der Waals surface area contributed by atoms with Gasteiger partial charge in [0.05, 0.1) is 5.52 Å². The van der Waals surface area contributed by atoms with Gasteiger partial charge >= 0.3 is 11.7 Å². The van der Waals surface area contributed by atoms with Crippen LogP contribution in [-0.4, -0.2) is 21.8 Å². The van der Waals surface area contributed by atoms with Crippen LogP contribution in [0.4, 0.5) is 0 Å². The predicted octanol–water partition coefficient (Wildman–Crippen LogP) is 1.17. The fourth-order valence-electron chi connectivity index (χ4n) is 2.03. The minimum absolute atomic E-state index is 0.277. The number of ketones is 1. The van der Waals surface area contributed by atoms with Crippen molar-refractivity contribution in [2.45, 2.75) is 12.8 Å². The predicted molar refractivity (Wildman–Crippen MR) is 60.5 cm³/mol. The van der Waals surface area contributed by atoms with Gasteiger partial charge in [-0.15, -0.1) is 0 Å². The monoisotopic (exact) mass is 247 g/mol. The molecule has 1 aromatic heterocycles. The zero-order valence-electron chi connectivity index (χ0n) is 9.23. The summed E-state index contributed by atoms with van der Waals surface area (Å²) in [6.45, 7) is 0. The van der Waals surface area contributed by atoms with E-state index in [1.54, 1.807) is 0 Å². The first-order valence-corrected chi connectivity index (χ1v) is 5.44. The molecule has 1 aromatic carbocycles. The number of aromatic amines is 1. The summed E-state index contributed by atoms with van der Waals surface area (Å²) >= 11 is 0. The second-order valence-corrected chi connectivity index (χ2v) is 4.44. The van der Waals surface area contributed by atoms with Gasteiger partial charge in [-0.3, -0.25) is 14.6 Å². The number of aliphatic carboxylic acids is 1. The van der Waals surface area contributed by atoms with E-state index in [1.165, 1.54) is 18.2 Å². The van der Waals surface area contributed by atoms with Crippen LogP contribution in [0.1, 0.15) is 23.2 Å². The molecule has 0 radical (unpaired) electrons. The molecular formula is C12H9NO5. The zero-order chi connectivity index (χ0) is 12.9. The summed E-state index contributed by atoms with van der Waals surface area (Å²) in [5, 5.41) is 9.06. The first kappa shape index (κ1) is 10.8. The molecule has 3 rings (SSSR count). The lowest BCUT2D eigenvalue weighted by molar-refractivity contribution is -0.141. The van der Waals surface area contributed by atoms with Crippen LogP contribution in [0.5, 0.6) is 0 Å². The number of benzene rings is 1. The lowest BCUT2D eigenvalue weighted by Gasteiger charge is -2.07. The van der Waals surface area contributed by atoms with Gasteiger partial charge in [0.1, 0.15) is 5.41 Å². The molecule has 1 fully saturated rings. The molecule has 0 spiro atoms. The summed E-state index contributed by atoms with van der Waals surface area (Å²) in [4.78, 5) is 36.6. The van der Waals surface area contributed by atoms with Crippen molar-refractivity contribution >= 4 is 22.9 Å². The summed E-state index contributed by atoms with van der Waals surface area (Å²) in [7, 11) is 0. The second kappa shape index (κ2) is 3.32. The number of H-pyrrole nitrogens is 1. The van der Waals surface area contributed by atoms with E-state index in [9.17, 15) is 14.4 Å². The first-order chi connectivity index (χ1) is 8.53. The number of carbonyl (C=O) groups is 2. The highest BCUT2D eigenvalue weighted by atomic mass is 16.4. The highest BCUT2D eigenvalue weighted by Gasteiger charge is 2.56. The Labute approximate surface area is 100 Å². The molecule has 6 heteroatoms. The van der Waals surface area contributed by atoms with E-state index in [0.717, 1.165) is 0 Å². The third kappa shape index (κ3) is 1.38. The Balaban J connectivity index is 2.07. The van der Waals surface area contributed by atoms with Crippen molar-refractivity contribution in [1.29, 1.82) is 0 Å². The summed E-state index contributed by atoms with van der Waals surface area (Å²) < 4.78 is 4.81. The number of hydrogen-bond acceptors (Lipinski definition) is 4. The zero-order valence-corrected chi connectivity index (χ0v) is 9.23. The Morgan fingerprint density at radius 1 is 1.33 bits per heavy atom. The van der Waals surface area contributed by atoms with Crippen LogP contribution in [0.15, 0.2) is 27.4 Å². The van der Waals surface area contributed by atoms with Crippen LogP contribution in [0.3, 0.4) is 0 Å². The van der Waals surface area contributed by atoms with Crippen LogP contribution in [-0.2, 0) is 4.79 Å². The molecule has 0 saturated heterocycles. The SMILES string of the molecule is O=C(O)C1(C(=O)c2ccc3oc(=O)[nH]c3c2)CC1. The second-order valence-electron chi connectivity index (χ2n) is 4.44. The molecule has 0 unspecified atom stereocenters. The van der Waals surface area contributed by atoms with Crippen molar-refractivity contribution in [2.75, 3.05) is 0 Å². The third-order valence-electron chi connectivity index (χ3n) is 3.28. The van der Waals surface area contributed by atoms with Gasteiger partial charge in [-0.2, -0.15) is 0 Å². The van der Waals surface area contributed by atoms with Crippen molar-refractivity contribution in [3.05, 3.63) is 34.3 Å². The number of hydrogen-bond donors (Lipinski definition) is 2. The average molecular weight is 247 g/mol. The van der Waals surface area contributed by atoms with E-state index < -0.39 is 22.9 Å². The lowest BCUT2D eigenvalue weighted by atomic mass is 9.95. The summed E-state index contributed by atoms with van der Waals surface area (Å²) in [6.07, 6.45) is 0.724. The first-order valence-electron chi connectivity index (χ1n) is 5.44. The number of oxazole rings is 1. The number of nitrogens with one attached hydrogen (secondary N) is 1. The molecule has 0 atom stereocenters. The van der Waals surface area contributed by atoms with Crippen LogP contribution in [0.2, 0.25) is 0 Å². The van der Waals surface area contributed by atoms with E-state index in [4.69, 9.17) is 9.52 Å². The highest BCUT2D eigenvalue weighted by molar-refractivity contribution is 6.15. The number of fused-ring (bicyclic) bond motifs is 1. The minimum Gasteiger partial charge on any atom is -0.480 e. The maximum atomic E-state index is 12.1. The molecule has 1 aliphatic carbocycles. The molecule has 0 amide bonds. The maximum Gasteiger partial charge on any atom is 0.417 e. The van der Waals surface area contributed by atoms with Gasteiger partial charge < -0.3 is 9.52 Å². The molecule has 1 heterocycles. The fourth-order valence-corrected chi connectivity index (χ4v) is 2.03. The van der Waals surface area contributed by atoms with Crippen molar-refractivity contribution in [3.63, 3.8) is 0 Å². The Kier molecular flexibility index (Phi) is 1.98. The summed E-state index contributed by atoms with van der Waals surface area (Å²) in [5.74, 6) is -2.11. The number of Topliss-reactive ketones (excluding diaryl/α,β-unsaturated/α-hetero) is 1.